The number of hydrogen-bond acceptors (Lipinski definition) is 3. The zero-order valence-electron chi connectivity index (χ0n) is 12.6. The van der Waals surface area contributed by atoms with Gasteiger partial charge >= 0.3 is 0 Å². The van der Waals surface area contributed by atoms with Crippen LogP contribution in [0.5, 0.6) is 11.5 Å². The lowest BCUT2D eigenvalue weighted by Crippen LogP contribution is -2.30. The SMILES string of the molecule is CC(=O)N(CCc1ccccc1)Cc1ccc2c(c1)OCO2. The molecule has 4 nitrogen and oxygen atoms in total. The van der Waals surface area contributed by atoms with Gasteiger partial charge in [-0.15, -0.1) is 0 Å². The van der Waals surface area contributed by atoms with Crippen LogP contribution in [-0.4, -0.2) is 24.1 Å². The van der Waals surface area contributed by atoms with E-state index in [0.29, 0.717) is 13.1 Å². The van der Waals surface area contributed by atoms with Crippen LogP contribution in [-0.2, 0) is 17.8 Å². The first-order valence-corrected chi connectivity index (χ1v) is 7.40. The third-order valence-corrected chi connectivity index (χ3v) is 3.77. The molecule has 1 heterocycles. The second-order valence-corrected chi connectivity index (χ2v) is 5.36. The number of benzene rings is 2. The second kappa shape index (κ2) is 6.52. The molecule has 0 aromatic heterocycles. The number of amides is 1. The van der Waals surface area contributed by atoms with Crippen molar-refractivity contribution in [3.8, 4) is 11.5 Å². The minimum atomic E-state index is 0.0774. The van der Waals surface area contributed by atoms with E-state index in [2.05, 4.69) is 12.1 Å². The molecule has 0 bridgehead atoms. The molecule has 0 spiro atoms. The van der Waals surface area contributed by atoms with Crippen molar-refractivity contribution < 1.29 is 14.3 Å². The van der Waals surface area contributed by atoms with Gasteiger partial charge in [0.2, 0.25) is 12.7 Å². The lowest BCUT2D eigenvalue weighted by atomic mass is 10.1. The van der Waals surface area contributed by atoms with Gasteiger partial charge in [0.1, 0.15) is 0 Å². The molecule has 0 saturated carbocycles. The van der Waals surface area contributed by atoms with Gasteiger partial charge in [-0.3, -0.25) is 4.79 Å². The first-order valence-electron chi connectivity index (χ1n) is 7.40. The zero-order valence-corrected chi connectivity index (χ0v) is 12.6. The number of nitrogens with zero attached hydrogens (tertiary/aromatic N) is 1. The van der Waals surface area contributed by atoms with Crippen LogP contribution in [0.3, 0.4) is 0 Å². The molecule has 0 fully saturated rings. The van der Waals surface area contributed by atoms with Crippen LogP contribution >= 0.6 is 0 Å². The Morgan fingerprint density at radius 3 is 2.59 bits per heavy atom. The van der Waals surface area contributed by atoms with Crippen LogP contribution in [0.25, 0.3) is 0 Å². The predicted octanol–water partition coefficient (Wildman–Crippen LogP) is 3.01. The molecule has 22 heavy (non-hydrogen) atoms. The molecule has 1 amide bonds. The highest BCUT2D eigenvalue weighted by Crippen LogP contribution is 2.32. The van der Waals surface area contributed by atoms with E-state index in [4.69, 9.17) is 9.47 Å². The number of carbonyl (C=O) groups is 1. The fourth-order valence-electron chi connectivity index (χ4n) is 2.52. The molecular formula is C18H19NO3. The lowest BCUT2D eigenvalue weighted by molar-refractivity contribution is -0.129. The summed E-state index contributed by atoms with van der Waals surface area (Å²) in [5.41, 5.74) is 2.28. The number of carbonyl (C=O) groups excluding carboxylic acids is 1. The summed E-state index contributed by atoms with van der Waals surface area (Å²) < 4.78 is 10.7. The minimum Gasteiger partial charge on any atom is -0.454 e. The van der Waals surface area contributed by atoms with Gasteiger partial charge in [-0.25, -0.2) is 0 Å². The minimum absolute atomic E-state index is 0.0774. The monoisotopic (exact) mass is 297 g/mol. The second-order valence-electron chi connectivity index (χ2n) is 5.36. The van der Waals surface area contributed by atoms with E-state index < -0.39 is 0 Å². The standard InChI is InChI=1S/C18H19NO3/c1-14(20)19(10-9-15-5-3-2-4-6-15)12-16-7-8-17-18(11-16)22-13-21-17/h2-8,11H,9-10,12-13H2,1H3. The van der Waals surface area contributed by atoms with Crippen LogP contribution < -0.4 is 9.47 Å². The topological polar surface area (TPSA) is 38.8 Å². The third-order valence-electron chi connectivity index (χ3n) is 3.77. The number of rotatable bonds is 5. The first kappa shape index (κ1) is 14.4. The van der Waals surface area contributed by atoms with Gasteiger partial charge < -0.3 is 14.4 Å². The molecule has 3 rings (SSSR count). The zero-order chi connectivity index (χ0) is 15.4. The van der Waals surface area contributed by atoms with Crippen molar-refractivity contribution in [1.82, 2.24) is 4.90 Å². The third kappa shape index (κ3) is 3.39. The molecule has 1 aliphatic heterocycles. The summed E-state index contributed by atoms with van der Waals surface area (Å²) in [6.07, 6.45) is 0.852. The van der Waals surface area contributed by atoms with Gasteiger partial charge in [-0.2, -0.15) is 0 Å². The van der Waals surface area contributed by atoms with Gasteiger partial charge in [-0.1, -0.05) is 36.4 Å². The van der Waals surface area contributed by atoms with E-state index in [0.717, 1.165) is 23.5 Å². The summed E-state index contributed by atoms with van der Waals surface area (Å²) in [7, 11) is 0. The van der Waals surface area contributed by atoms with Gasteiger partial charge in [-0.05, 0) is 29.7 Å². The molecule has 0 radical (unpaired) electrons. The van der Waals surface area contributed by atoms with E-state index in [-0.39, 0.29) is 12.7 Å². The molecule has 0 saturated heterocycles. The maximum Gasteiger partial charge on any atom is 0.231 e. The Kier molecular flexibility index (Phi) is 4.28. The smallest absolute Gasteiger partial charge is 0.231 e. The molecule has 1 aliphatic rings. The molecule has 0 aliphatic carbocycles. The van der Waals surface area contributed by atoms with Gasteiger partial charge in [0.05, 0.1) is 0 Å². The van der Waals surface area contributed by atoms with Crippen LogP contribution in [0, 0.1) is 0 Å². The van der Waals surface area contributed by atoms with Gasteiger partial charge in [0.15, 0.2) is 11.5 Å². The van der Waals surface area contributed by atoms with Crippen molar-refractivity contribution in [2.75, 3.05) is 13.3 Å². The molecule has 0 unspecified atom stereocenters. The maximum atomic E-state index is 11.9. The van der Waals surface area contributed by atoms with Crippen molar-refractivity contribution in [1.29, 1.82) is 0 Å². The molecule has 4 heteroatoms. The van der Waals surface area contributed by atoms with Crippen molar-refractivity contribution in [3.63, 3.8) is 0 Å². The highest BCUT2D eigenvalue weighted by Gasteiger charge is 2.15. The van der Waals surface area contributed by atoms with Crippen molar-refractivity contribution >= 4 is 5.91 Å². The van der Waals surface area contributed by atoms with E-state index in [1.807, 2.05) is 41.3 Å². The fourth-order valence-corrected chi connectivity index (χ4v) is 2.52. The summed E-state index contributed by atoms with van der Waals surface area (Å²) >= 11 is 0. The van der Waals surface area contributed by atoms with Crippen LogP contribution in [0.2, 0.25) is 0 Å². The van der Waals surface area contributed by atoms with Crippen LogP contribution in [0.15, 0.2) is 48.5 Å². The van der Waals surface area contributed by atoms with E-state index >= 15 is 0 Å². The highest BCUT2D eigenvalue weighted by molar-refractivity contribution is 5.73. The summed E-state index contributed by atoms with van der Waals surface area (Å²) in [5, 5.41) is 0. The Bertz CT molecular complexity index is 655. The van der Waals surface area contributed by atoms with Crippen molar-refractivity contribution in [3.05, 3.63) is 59.7 Å². The van der Waals surface area contributed by atoms with Crippen LogP contribution in [0.4, 0.5) is 0 Å². The average Bonchev–Trinajstić information content (AvgIpc) is 2.99. The Labute approximate surface area is 130 Å². The van der Waals surface area contributed by atoms with E-state index in [9.17, 15) is 4.79 Å². The first-order chi connectivity index (χ1) is 10.7. The summed E-state index contributed by atoms with van der Waals surface area (Å²) in [4.78, 5) is 13.7. The molecule has 0 atom stereocenters. The van der Waals surface area contributed by atoms with Gasteiger partial charge in [0, 0.05) is 20.0 Å². The van der Waals surface area contributed by atoms with Gasteiger partial charge in [0.25, 0.3) is 0 Å². The summed E-state index contributed by atoms with van der Waals surface area (Å²) in [6.45, 7) is 3.16. The predicted molar refractivity (Wildman–Crippen MR) is 83.8 cm³/mol. The number of hydrogen-bond donors (Lipinski definition) is 0. The Balaban J connectivity index is 1.65. The number of fused-ring (bicyclic) bond motifs is 1. The molecule has 2 aromatic rings. The Morgan fingerprint density at radius 1 is 1.05 bits per heavy atom. The number of ether oxygens (including phenoxy) is 2. The van der Waals surface area contributed by atoms with Crippen LogP contribution in [0.1, 0.15) is 18.1 Å². The van der Waals surface area contributed by atoms with E-state index in [1.165, 1.54) is 5.56 Å². The normalized spacial score (nSPS) is 12.2. The Morgan fingerprint density at radius 2 is 1.82 bits per heavy atom. The molecule has 0 N–H and O–H groups in total. The maximum absolute atomic E-state index is 11.9. The Hall–Kier alpha value is -2.49. The quantitative estimate of drug-likeness (QED) is 0.851. The molecular weight excluding hydrogens is 278 g/mol. The van der Waals surface area contributed by atoms with E-state index in [1.54, 1.807) is 6.92 Å². The average molecular weight is 297 g/mol. The largest absolute Gasteiger partial charge is 0.454 e. The summed E-state index contributed by atoms with van der Waals surface area (Å²) in [6, 6.07) is 16.0. The highest BCUT2D eigenvalue weighted by atomic mass is 16.7. The molecule has 2 aromatic carbocycles. The van der Waals surface area contributed by atoms with Crippen molar-refractivity contribution in [2.24, 2.45) is 0 Å². The lowest BCUT2D eigenvalue weighted by Gasteiger charge is -2.21. The van der Waals surface area contributed by atoms with Crippen molar-refractivity contribution in [2.45, 2.75) is 19.9 Å². The molecule has 114 valence electrons. The fraction of sp³-hybridized carbons (Fsp3) is 0.278. The summed E-state index contributed by atoms with van der Waals surface area (Å²) in [5.74, 6) is 1.60.